The Kier molecular flexibility index (Phi) is 2.40. The van der Waals surface area contributed by atoms with E-state index in [1.807, 2.05) is 0 Å². The van der Waals surface area contributed by atoms with E-state index in [1.165, 1.54) is 25.3 Å². The van der Waals surface area contributed by atoms with Gasteiger partial charge >= 0.3 is 0 Å². The number of rotatable bonds is 2. The number of aromatic amines is 1. The van der Waals surface area contributed by atoms with Gasteiger partial charge in [-0.2, -0.15) is 5.10 Å². The number of phenols is 1. The van der Waals surface area contributed by atoms with E-state index in [-0.39, 0.29) is 11.4 Å². The Morgan fingerprint density at radius 3 is 2.75 bits per heavy atom. The molecule has 0 saturated carbocycles. The van der Waals surface area contributed by atoms with E-state index in [9.17, 15) is 9.50 Å². The molecular weight excluding hydrogens is 213 g/mol. The van der Waals surface area contributed by atoms with Crippen LogP contribution in [0.1, 0.15) is 0 Å². The quantitative estimate of drug-likeness (QED) is 0.720. The predicted octanol–water partition coefficient (Wildman–Crippen LogP) is 1.51. The van der Waals surface area contributed by atoms with Crippen molar-refractivity contribution in [3.63, 3.8) is 0 Å². The van der Waals surface area contributed by atoms with Gasteiger partial charge in [0.05, 0.1) is 12.8 Å². The molecule has 0 amide bonds. The number of halogens is 1. The fourth-order valence-electron chi connectivity index (χ4n) is 1.37. The highest BCUT2D eigenvalue weighted by molar-refractivity contribution is 5.66. The smallest absolute Gasteiger partial charge is 0.174 e. The van der Waals surface area contributed by atoms with Crippen LogP contribution >= 0.6 is 0 Å². The van der Waals surface area contributed by atoms with Crippen molar-refractivity contribution in [3.05, 3.63) is 24.0 Å². The lowest BCUT2D eigenvalue weighted by Crippen LogP contribution is -1.89. The van der Waals surface area contributed by atoms with Crippen LogP contribution in [-0.4, -0.2) is 22.4 Å². The zero-order chi connectivity index (χ0) is 11.7. The van der Waals surface area contributed by atoms with Gasteiger partial charge in [-0.15, -0.1) is 0 Å². The van der Waals surface area contributed by atoms with Crippen molar-refractivity contribution in [3.8, 4) is 22.8 Å². The van der Waals surface area contributed by atoms with Crippen molar-refractivity contribution in [2.45, 2.75) is 0 Å². The molecule has 0 unspecified atom stereocenters. The number of hydrogen-bond donors (Lipinski definition) is 3. The lowest BCUT2D eigenvalue weighted by Gasteiger charge is -2.06. The number of methoxy groups -OCH3 is 1. The number of aromatic hydroxyl groups is 1. The van der Waals surface area contributed by atoms with Crippen LogP contribution < -0.4 is 10.5 Å². The van der Waals surface area contributed by atoms with Gasteiger partial charge in [0, 0.05) is 17.7 Å². The molecule has 0 saturated heterocycles. The van der Waals surface area contributed by atoms with E-state index >= 15 is 0 Å². The van der Waals surface area contributed by atoms with E-state index in [4.69, 9.17) is 10.5 Å². The van der Waals surface area contributed by atoms with Crippen molar-refractivity contribution >= 4 is 5.82 Å². The average Bonchev–Trinajstić information content (AvgIpc) is 2.68. The second-order valence-electron chi connectivity index (χ2n) is 3.21. The molecule has 4 N–H and O–H groups in total. The molecule has 5 nitrogen and oxygen atoms in total. The van der Waals surface area contributed by atoms with E-state index in [1.54, 1.807) is 0 Å². The molecule has 2 rings (SSSR count). The zero-order valence-electron chi connectivity index (χ0n) is 8.49. The molecule has 2 aromatic rings. The molecule has 0 aliphatic heterocycles. The van der Waals surface area contributed by atoms with Crippen LogP contribution in [0.3, 0.4) is 0 Å². The maximum absolute atomic E-state index is 13.6. The Balaban J connectivity index is 2.59. The van der Waals surface area contributed by atoms with Gasteiger partial charge in [0.1, 0.15) is 11.6 Å². The summed E-state index contributed by atoms with van der Waals surface area (Å²) < 4.78 is 18.5. The van der Waals surface area contributed by atoms with Crippen LogP contribution in [0.2, 0.25) is 0 Å². The maximum atomic E-state index is 13.6. The topological polar surface area (TPSA) is 84.2 Å². The van der Waals surface area contributed by atoms with Crippen LogP contribution in [0, 0.1) is 5.82 Å². The summed E-state index contributed by atoms with van der Waals surface area (Å²) in [6.45, 7) is 0. The summed E-state index contributed by atoms with van der Waals surface area (Å²) in [6.07, 6.45) is 0. The van der Waals surface area contributed by atoms with Crippen LogP contribution in [0.4, 0.5) is 10.2 Å². The minimum Gasteiger partial charge on any atom is -0.505 e. The van der Waals surface area contributed by atoms with Crippen LogP contribution in [0.15, 0.2) is 18.2 Å². The van der Waals surface area contributed by atoms with Gasteiger partial charge in [-0.05, 0) is 6.07 Å². The van der Waals surface area contributed by atoms with Crippen molar-refractivity contribution in [1.29, 1.82) is 0 Å². The molecule has 0 aliphatic rings. The van der Waals surface area contributed by atoms with Gasteiger partial charge < -0.3 is 15.6 Å². The van der Waals surface area contributed by atoms with E-state index in [0.29, 0.717) is 11.4 Å². The average molecular weight is 223 g/mol. The highest BCUT2D eigenvalue weighted by atomic mass is 19.1. The third kappa shape index (κ3) is 1.65. The molecule has 84 valence electrons. The number of H-pyrrole nitrogens is 1. The highest BCUT2D eigenvalue weighted by Crippen LogP contribution is 2.32. The van der Waals surface area contributed by atoms with Gasteiger partial charge in [-0.25, -0.2) is 4.39 Å². The fourth-order valence-corrected chi connectivity index (χ4v) is 1.37. The molecular formula is C10H10FN3O2. The monoisotopic (exact) mass is 223 g/mol. The summed E-state index contributed by atoms with van der Waals surface area (Å²) >= 11 is 0. The molecule has 1 heterocycles. The third-order valence-corrected chi connectivity index (χ3v) is 2.15. The second kappa shape index (κ2) is 3.73. The Morgan fingerprint density at radius 1 is 1.44 bits per heavy atom. The Bertz CT molecular complexity index is 525. The predicted molar refractivity (Wildman–Crippen MR) is 56.6 cm³/mol. The number of aromatic nitrogens is 2. The molecule has 6 heteroatoms. The minimum absolute atomic E-state index is 0.154. The lowest BCUT2D eigenvalue weighted by molar-refractivity contribution is 0.398. The summed E-state index contributed by atoms with van der Waals surface area (Å²) in [5.74, 6) is -0.634. The zero-order valence-corrected chi connectivity index (χ0v) is 8.49. The summed E-state index contributed by atoms with van der Waals surface area (Å²) in [7, 11) is 1.43. The van der Waals surface area contributed by atoms with Crippen LogP contribution in [0.5, 0.6) is 11.5 Å². The van der Waals surface area contributed by atoms with Crippen LogP contribution in [0.25, 0.3) is 11.3 Å². The van der Waals surface area contributed by atoms with Gasteiger partial charge in [0.25, 0.3) is 0 Å². The van der Waals surface area contributed by atoms with Gasteiger partial charge in [-0.3, -0.25) is 5.10 Å². The Morgan fingerprint density at radius 2 is 2.19 bits per heavy atom. The number of nitrogen functional groups attached to an aromatic ring is 1. The largest absolute Gasteiger partial charge is 0.505 e. The summed E-state index contributed by atoms with van der Waals surface area (Å²) in [6, 6.07) is 4.11. The number of nitrogens with one attached hydrogen (secondary N) is 1. The van der Waals surface area contributed by atoms with Crippen molar-refractivity contribution < 1.29 is 14.2 Å². The Labute approximate surface area is 90.7 Å². The molecule has 16 heavy (non-hydrogen) atoms. The minimum atomic E-state index is -0.746. The first-order valence-corrected chi connectivity index (χ1v) is 4.49. The molecule has 0 bridgehead atoms. The fraction of sp³-hybridized carbons (Fsp3) is 0.100. The molecule has 0 fully saturated rings. The third-order valence-electron chi connectivity index (χ3n) is 2.15. The first kappa shape index (κ1) is 10.3. The summed E-state index contributed by atoms with van der Waals surface area (Å²) in [4.78, 5) is 0. The van der Waals surface area contributed by atoms with E-state index in [2.05, 4.69) is 10.2 Å². The SMILES string of the molecule is COc1cc(O)c(F)c(-c2cc(N)n[nH]2)c1. The molecule has 0 aliphatic carbocycles. The number of phenolic OH excluding ortho intramolecular Hbond substituents is 1. The lowest BCUT2D eigenvalue weighted by atomic mass is 10.1. The molecule has 0 spiro atoms. The number of nitrogens with two attached hydrogens (primary N) is 1. The highest BCUT2D eigenvalue weighted by Gasteiger charge is 2.14. The number of benzene rings is 1. The second-order valence-corrected chi connectivity index (χ2v) is 3.21. The first-order chi connectivity index (χ1) is 7.61. The maximum Gasteiger partial charge on any atom is 0.174 e. The standard InChI is InChI=1S/C10H10FN3O2/c1-16-5-2-6(10(11)8(15)3-5)7-4-9(12)14-13-7/h2-4,15H,1H3,(H3,12,13,14). The van der Waals surface area contributed by atoms with Crippen LogP contribution in [-0.2, 0) is 0 Å². The van der Waals surface area contributed by atoms with Gasteiger partial charge in [0.2, 0.25) is 0 Å². The van der Waals surface area contributed by atoms with Crippen molar-refractivity contribution in [2.75, 3.05) is 12.8 Å². The first-order valence-electron chi connectivity index (χ1n) is 4.49. The number of anilines is 1. The van der Waals surface area contributed by atoms with Crippen molar-refractivity contribution in [1.82, 2.24) is 10.2 Å². The van der Waals surface area contributed by atoms with Gasteiger partial charge in [-0.1, -0.05) is 0 Å². The number of nitrogens with zero attached hydrogens (tertiary/aromatic N) is 1. The van der Waals surface area contributed by atoms with E-state index in [0.717, 1.165) is 0 Å². The number of hydrogen-bond acceptors (Lipinski definition) is 4. The molecule has 0 radical (unpaired) electrons. The Hall–Kier alpha value is -2.24. The molecule has 1 aromatic heterocycles. The number of ether oxygens (including phenoxy) is 1. The summed E-state index contributed by atoms with van der Waals surface area (Å²) in [5, 5.41) is 15.6. The molecule has 1 aromatic carbocycles. The van der Waals surface area contributed by atoms with Gasteiger partial charge in [0.15, 0.2) is 11.6 Å². The van der Waals surface area contributed by atoms with E-state index < -0.39 is 11.6 Å². The molecule has 0 atom stereocenters. The normalized spacial score (nSPS) is 10.4. The summed E-state index contributed by atoms with van der Waals surface area (Å²) in [5.41, 5.74) is 5.95. The van der Waals surface area contributed by atoms with Crippen molar-refractivity contribution in [2.24, 2.45) is 0 Å².